The van der Waals surface area contributed by atoms with E-state index in [0.717, 1.165) is 0 Å². The summed E-state index contributed by atoms with van der Waals surface area (Å²) in [7, 11) is 0. The van der Waals surface area contributed by atoms with E-state index in [1.807, 2.05) is 0 Å². The van der Waals surface area contributed by atoms with Gasteiger partial charge in [-0.25, -0.2) is 4.79 Å². The Kier molecular flexibility index (Phi) is 4.07. The lowest BCUT2D eigenvalue weighted by Crippen LogP contribution is -2.38. The van der Waals surface area contributed by atoms with Crippen molar-refractivity contribution in [2.45, 2.75) is 0 Å². The predicted octanol–water partition coefficient (Wildman–Crippen LogP) is 1.17. The van der Waals surface area contributed by atoms with Crippen molar-refractivity contribution in [1.82, 2.24) is 10.4 Å². The minimum Gasteiger partial charge on any atom is -0.341 e. The molecule has 3 amide bonds. The molecule has 3 rings (SSSR count). The van der Waals surface area contributed by atoms with E-state index in [1.165, 1.54) is 12.1 Å². The fourth-order valence-corrected chi connectivity index (χ4v) is 2.23. The Morgan fingerprint density at radius 2 is 1.42 bits per heavy atom. The van der Waals surface area contributed by atoms with Gasteiger partial charge < -0.3 is 10.2 Å². The molecule has 1 aliphatic heterocycles. The first kappa shape index (κ1) is 15.4. The van der Waals surface area contributed by atoms with E-state index in [2.05, 4.69) is 5.32 Å². The third kappa shape index (κ3) is 2.87. The molecular weight excluding hydrogens is 312 g/mol. The normalized spacial score (nSPS) is 12.8. The van der Waals surface area contributed by atoms with E-state index in [9.17, 15) is 19.2 Å². The van der Waals surface area contributed by atoms with Crippen molar-refractivity contribution in [3.8, 4) is 0 Å². The number of hydroxylamine groups is 2. The molecule has 0 aliphatic carbocycles. The molecule has 0 unspecified atom stereocenters. The second kappa shape index (κ2) is 6.33. The van der Waals surface area contributed by atoms with Crippen LogP contribution >= 0.6 is 0 Å². The van der Waals surface area contributed by atoms with Gasteiger partial charge in [-0.2, -0.15) is 0 Å². The zero-order valence-electron chi connectivity index (χ0n) is 12.4. The van der Waals surface area contributed by atoms with Crippen LogP contribution in [0.1, 0.15) is 31.1 Å². The molecule has 0 saturated heterocycles. The fraction of sp³-hybridized carbons (Fsp3) is 0.0588. The summed E-state index contributed by atoms with van der Waals surface area (Å²) >= 11 is 0. The van der Waals surface area contributed by atoms with E-state index in [1.54, 1.807) is 42.5 Å². The van der Waals surface area contributed by atoms with Crippen LogP contribution in [0.25, 0.3) is 0 Å². The molecular formula is C17H12N2O5. The highest BCUT2D eigenvalue weighted by molar-refractivity contribution is 6.20. The lowest BCUT2D eigenvalue weighted by atomic mass is 10.1. The van der Waals surface area contributed by atoms with Crippen LogP contribution in [-0.2, 0) is 9.63 Å². The van der Waals surface area contributed by atoms with Crippen molar-refractivity contribution >= 4 is 23.7 Å². The summed E-state index contributed by atoms with van der Waals surface area (Å²) in [5.74, 6) is -2.81. The van der Waals surface area contributed by atoms with Gasteiger partial charge in [-0.05, 0) is 24.3 Å². The third-order valence-electron chi connectivity index (χ3n) is 3.38. The summed E-state index contributed by atoms with van der Waals surface area (Å²) < 4.78 is 0. The Morgan fingerprint density at radius 1 is 0.875 bits per heavy atom. The van der Waals surface area contributed by atoms with Crippen molar-refractivity contribution in [3.05, 3.63) is 71.3 Å². The Bertz CT molecular complexity index is 797. The second-order valence-corrected chi connectivity index (χ2v) is 4.96. The zero-order chi connectivity index (χ0) is 17.1. The number of nitrogens with zero attached hydrogens (tertiary/aromatic N) is 1. The summed E-state index contributed by atoms with van der Waals surface area (Å²) in [4.78, 5) is 52.5. The van der Waals surface area contributed by atoms with Crippen molar-refractivity contribution in [1.29, 1.82) is 0 Å². The molecule has 24 heavy (non-hydrogen) atoms. The average molecular weight is 324 g/mol. The van der Waals surface area contributed by atoms with Crippen LogP contribution in [0.3, 0.4) is 0 Å². The second-order valence-electron chi connectivity index (χ2n) is 4.96. The number of imide groups is 1. The van der Waals surface area contributed by atoms with Gasteiger partial charge in [-0.3, -0.25) is 14.4 Å². The standard InChI is InChI=1S/C17H12N2O5/c20-14(10-18-15(21)11-6-2-1-3-7-11)24-19-16(22)12-8-4-5-9-13(12)17(19)23/h1-9H,10H2,(H,18,21). The van der Waals surface area contributed by atoms with Crippen molar-refractivity contribution in [2.24, 2.45) is 0 Å². The number of benzene rings is 2. The van der Waals surface area contributed by atoms with Crippen LogP contribution in [0.15, 0.2) is 54.6 Å². The zero-order valence-corrected chi connectivity index (χ0v) is 12.4. The quantitative estimate of drug-likeness (QED) is 0.852. The van der Waals surface area contributed by atoms with Crippen LogP contribution in [0.4, 0.5) is 0 Å². The number of nitrogens with one attached hydrogen (secondary N) is 1. The number of carbonyl (C=O) groups is 4. The van der Waals surface area contributed by atoms with E-state index >= 15 is 0 Å². The smallest absolute Gasteiger partial charge is 0.341 e. The third-order valence-corrected chi connectivity index (χ3v) is 3.38. The predicted molar refractivity (Wildman–Crippen MR) is 81.8 cm³/mol. The minimum absolute atomic E-state index is 0.170. The molecule has 2 aromatic carbocycles. The topological polar surface area (TPSA) is 92.8 Å². The van der Waals surface area contributed by atoms with Crippen molar-refractivity contribution in [3.63, 3.8) is 0 Å². The number of carbonyl (C=O) groups excluding carboxylic acids is 4. The van der Waals surface area contributed by atoms with Gasteiger partial charge in [-0.1, -0.05) is 35.4 Å². The van der Waals surface area contributed by atoms with Crippen LogP contribution in [0, 0.1) is 0 Å². The molecule has 0 radical (unpaired) electrons. The molecule has 0 spiro atoms. The molecule has 1 aliphatic rings. The average Bonchev–Trinajstić information content (AvgIpc) is 2.86. The fourth-order valence-electron chi connectivity index (χ4n) is 2.23. The first-order valence-electron chi connectivity index (χ1n) is 7.10. The highest BCUT2D eigenvalue weighted by Crippen LogP contribution is 2.22. The highest BCUT2D eigenvalue weighted by Gasteiger charge is 2.38. The lowest BCUT2D eigenvalue weighted by molar-refractivity contribution is -0.167. The minimum atomic E-state index is -0.922. The number of amides is 3. The Balaban J connectivity index is 1.59. The lowest BCUT2D eigenvalue weighted by Gasteiger charge is -2.13. The first-order chi connectivity index (χ1) is 11.6. The summed E-state index contributed by atoms with van der Waals surface area (Å²) in [5, 5.41) is 2.77. The van der Waals surface area contributed by atoms with E-state index in [4.69, 9.17) is 4.84 Å². The molecule has 1 heterocycles. The summed E-state index contributed by atoms with van der Waals surface area (Å²) in [6, 6.07) is 14.5. The van der Waals surface area contributed by atoms with Crippen LogP contribution in [0.2, 0.25) is 0 Å². The molecule has 120 valence electrons. The largest absolute Gasteiger partial charge is 0.352 e. The molecule has 2 aromatic rings. The van der Waals surface area contributed by atoms with Gasteiger partial charge in [0.25, 0.3) is 17.7 Å². The number of hydrogen-bond donors (Lipinski definition) is 1. The summed E-state index contributed by atoms with van der Waals surface area (Å²) in [6.07, 6.45) is 0. The number of hydrogen-bond acceptors (Lipinski definition) is 5. The van der Waals surface area contributed by atoms with E-state index < -0.39 is 30.2 Å². The van der Waals surface area contributed by atoms with E-state index in [-0.39, 0.29) is 11.1 Å². The maximum Gasteiger partial charge on any atom is 0.352 e. The monoisotopic (exact) mass is 324 g/mol. The van der Waals surface area contributed by atoms with Gasteiger partial charge in [0.15, 0.2) is 0 Å². The summed E-state index contributed by atoms with van der Waals surface area (Å²) in [5.41, 5.74) is 0.721. The van der Waals surface area contributed by atoms with Crippen LogP contribution in [-0.4, -0.2) is 35.3 Å². The first-order valence-corrected chi connectivity index (χ1v) is 7.10. The van der Waals surface area contributed by atoms with Gasteiger partial charge in [0.05, 0.1) is 11.1 Å². The number of fused-ring (bicyclic) bond motifs is 1. The maximum absolute atomic E-state index is 12.0. The molecule has 1 N–H and O–H groups in total. The summed E-state index contributed by atoms with van der Waals surface area (Å²) in [6.45, 7) is -0.471. The molecule has 0 bridgehead atoms. The number of rotatable bonds is 4. The maximum atomic E-state index is 12.0. The molecule has 0 saturated carbocycles. The van der Waals surface area contributed by atoms with E-state index in [0.29, 0.717) is 10.6 Å². The van der Waals surface area contributed by atoms with Gasteiger partial charge >= 0.3 is 5.97 Å². The Labute approximate surface area is 136 Å². The van der Waals surface area contributed by atoms with Gasteiger partial charge in [-0.15, -0.1) is 0 Å². The highest BCUT2D eigenvalue weighted by atomic mass is 16.7. The van der Waals surface area contributed by atoms with Crippen LogP contribution < -0.4 is 5.32 Å². The molecule has 0 aromatic heterocycles. The molecule has 0 atom stereocenters. The molecule has 7 nitrogen and oxygen atoms in total. The van der Waals surface area contributed by atoms with Crippen LogP contribution in [0.5, 0.6) is 0 Å². The van der Waals surface area contributed by atoms with Gasteiger partial charge in [0.2, 0.25) is 0 Å². The van der Waals surface area contributed by atoms with Gasteiger partial charge in [0, 0.05) is 5.56 Å². The van der Waals surface area contributed by atoms with Crippen molar-refractivity contribution in [2.75, 3.05) is 6.54 Å². The Hall–Kier alpha value is -3.48. The van der Waals surface area contributed by atoms with Crippen molar-refractivity contribution < 1.29 is 24.0 Å². The van der Waals surface area contributed by atoms with Gasteiger partial charge in [0.1, 0.15) is 6.54 Å². The molecule has 7 heteroatoms. The SMILES string of the molecule is O=C(CNC(=O)c1ccccc1)ON1C(=O)c2ccccc2C1=O. The Morgan fingerprint density at radius 3 is 2.00 bits per heavy atom. The molecule has 0 fully saturated rings.